The van der Waals surface area contributed by atoms with Crippen LogP contribution < -0.4 is 10.1 Å². The van der Waals surface area contributed by atoms with E-state index in [0.717, 1.165) is 17.0 Å². The van der Waals surface area contributed by atoms with Gasteiger partial charge < -0.3 is 15.2 Å². The number of aliphatic hydroxyl groups excluding tert-OH is 1. The number of carbonyl (C=O) groups excluding carboxylic acids is 2. The zero-order valence-corrected chi connectivity index (χ0v) is 10.7. The summed E-state index contributed by atoms with van der Waals surface area (Å²) < 4.78 is 18.3. The molecule has 1 aliphatic rings. The predicted molar refractivity (Wildman–Crippen MR) is 68.5 cm³/mol. The van der Waals surface area contributed by atoms with Crippen molar-refractivity contribution in [3.8, 4) is 5.75 Å². The number of hydrogen-bond donors (Lipinski definition) is 2. The number of nitrogens with one attached hydrogen (secondary N) is 1. The zero-order valence-electron chi connectivity index (χ0n) is 10.7. The largest absolute Gasteiger partial charge is 0.494 e. The average molecular weight is 280 g/mol. The number of halogens is 1. The SMILES string of the molecule is COc1ccc(NC2=CC(=O)N(CCO)C2=O)cc1F. The summed E-state index contributed by atoms with van der Waals surface area (Å²) in [7, 11) is 1.35. The van der Waals surface area contributed by atoms with Crippen molar-refractivity contribution in [1.29, 1.82) is 0 Å². The van der Waals surface area contributed by atoms with Crippen molar-refractivity contribution in [1.82, 2.24) is 4.90 Å². The van der Waals surface area contributed by atoms with Crippen molar-refractivity contribution in [3.05, 3.63) is 35.8 Å². The number of methoxy groups -OCH3 is 1. The molecule has 1 heterocycles. The lowest BCUT2D eigenvalue weighted by molar-refractivity contribution is -0.137. The molecule has 20 heavy (non-hydrogen) atoms. The Labute approximate surface area is 114 Å². The molecule has 2 N–H and O–H groups in total. The highest BCUT2D eigenvalue weighted by molar-refractivity contribution is 6.17. The molecular weight excluding hydrogens is 267 g/mol. The van der Waals surface area contributed by atoms with E-state index in [1.165, 1.54) is 19.2 Å². The van der Waals surface area contributed by atoms with Gasteiger partial charge in [-0.1, -0.05) is 0 Å². The molecule has 0 atom stereocenters. The fourth-order valence-corrected chi connectivity index (χ4v) is 1.81. The van der Waals surface area contributed by atoms with Crippen LogP contribution in [0.4, 0.5) is 10.1 Å². The van der Waals surface area contributed by atoms with Crippen molar-refractivity contribution in [2.24, 2.45) is 0 Å². The molecule has 0 saturated heterocycles. The lowest BCUT2D eigenvalue weighted by atomic mass is 10.2. The van der Waals surface area contributed by atoms with Crippen LogP contribution in [0.2, 0.25) is 0 Å². The van der Waals surface area contributed by atoms with Gasteiger partial charge in [0.05, 0.1) is 20.3 Å². The number of hydrogen-bond acceptors (Lipinski definition) is 5. The van der Waals surface area contributed by atoms with Crippen LogP contribution in [0.5, 0.6) is 5.75 Å². The first-order chi connectivity index (χ1) is 9.56. The number of imide groups is 1. The summed E-state index contributed by atoms with van der Waals surface area (Å²) in [5.74, 6) is -1.57. The highest BCUT2D eigenvalue weighted by Crippen LogP contribution is 2.23. The molecule has 6 nitrogen and oxygen atoms in total. The van der Waals surface area contributed by atoms with Gasteiger partial charge in [-0.25, -0.2) is 4.39 Å². The molecule has 0 saturated carbocycles. The lowest BCUT2D eigenvalue weighted by Gasteiger charge is -2.13. The number of carbonyl (C=O) groups is 2. The molecule has 0 aromatic heterocycles. The summed E-state index contributed by atoms with van der Waals surface area (Å²) in [5.41, 5.74) is 0.356. The van der Waals surface area contributed by atoms with Crippen LogP contribution in [-0.2, 0) is 9.59 Å². The number of rotatable bonds is 5. The van der Waals surface area contributed by atoms with Crippen LogP contribution in [0.25, 0.3) is 0 Å². The third-order valence-corrected chi connectivity index (χ3v) is 2.76. The smallest absolute Gasteiger partial charge is 0.277 e. The minimum atomic E-state index is -0.581. The summed E-state index contributed by atoms with van der Waals surface area (Å²) >= 11 is 0. The van der Waals surface area contributed by atoms with E-state index in [9.17, 15) is 14.0 Å². The molecule has 2 amide bonds. The van der Waals surface area contributed by atoms with Crippen LogP contribution in [0.3, 0.4) is 0 Å². The van der Waals surface area contributed by atoms with Crippen LogP contribution in [0.1, 0.15) is 0 Å². The van der Waals surface area contributed by atoms with E-state index in [1.54, 1.807) is 0 Å². The van der Waals surface area contributed by atoms with Crippen molar-refractivity contribution in [3.63, 3.8) is 0 Å². The van der Waals surface area contributed by atoms with Crippen molar-refractivity contribution in [2.75, 3.05) is 25.6 Å². The molecule has 0 bridgehead atoms. The Balaban J connectivity index is 2.15. The maximum atomic E-state index is 13.5. The maximum Gasteiger partial charge on any atom is 0.277 e. The maximum absolute atomic E-state index is 13.5. The lowest BCUT2D eigenvalue weighted by Crippen LogP contribution is -2.34. The molecule has 7 heteroatoms. The Kier molecular flexibility index (Phi) is 3.99. The topological polar surface area (TPSA) is 78.9 Å². The first-order valence-electron chi connectivity index (χ1n) is 5.85. The first kappa shape index (κ1) is 14.0. The standard InChI is InChI=1S/C13H13FN2O4/c1-20-11-3-2-8(6-9(11)14)15-10-7-12(18)16(4-5-17)13(10)19/h2-3,6-7,15,17H,4-5H2,1H3. The highest BCUT2D eigenvalue weighted by atomic mass is 19.1. The number of amides is 2. The quantitative estimate of drug-likeness (QED) is 0.767. The van der Waals surface area contributed by atoms with Gasteiger partial charge >= 0.3 is 0 Å². The summed E-state index contributed by atoms with van der Waals surface area (Å²) in [5, 5.41) is 11.5. The van der Waals surface area contributed by atoms with Gasteiger partial charge in [-0.3, -0.25) is 14.5 Å². The Hall–Kier alpha value is -2.41. The normalized spacial score (nSPS) is 14.6. The van der Waals surface area contributed by atoms with Crippen LogP contribution in [0, 0.1) is 5.82 Å². The molecule has 2 rings (SSSR count). The van der Waals surface area contributed by atoms with Gasteiger partial charge in [-0.05, 0) is 12.1 Å². The molecular formula is C13H13FN2O4. The Bertz CT molecular complexity index is 586. The van der Waals surface area contributed by atoms with E-state index in [2.05, 4.69) is 5.32 Å². The molecule has 1 aromatic carbocycles. The van der Waals surface area contributed by atoms with Gasteiger partial charge in [-0.15, -0.1) is 0 Å². The zero-order chi connectivity index (χ0) is 14.7. The minimum Gasteiger partial charge on any atom is -0.494 e. The Morgan fingerprint density at radius 3 is 2.75 bits per heavy atom. The molecule has 0 spiro atoms. The van der Waals surface area contributed by atoms with Crippen LogP contribution in [0.15, 0.2) is 30.0 Å². The number of nitrogens with zero attached hydrogens (tertiary/aromatic N) is 1. The number of benzene rings is 1. The number of aliphatic hydroxyl groups is 1. The van der Waals surface area contributed by atoms with Crippen molar-refractivity contribution >= 4 is 17.5 Å². The Morgan fingerprint density at radius 1 is 1.40 bits per heavy atom. The number of β-amino-alcohol motifs (C(OH)–C–C–N with tert-alkyl or cyclic N) is 1. The van der Waals surface area contributed by atoms with E-state index in [1.807, 2.05) is 0 Å². The molecule has 0 aliphatic carbocycles. The molecule has 0 fully saturated rings. The van der Waals surface area contributed by atoms with E-state index >= 15 is 0 Å². The molecule has 106 valence electrons. The summed E-state index contributed by atoms with van der Waals surface area (Å²) in [6.07, 6.45) is 1.11. The van der Waals surface area contributed by atoms with Crippen molar-refractivity contribution in [2.45, 2.75) is 0 Å². The molecule has 0 radical (unpaired) electrons. The van der Waals surface area contributed by atoms with Gasteiger partial charge in [-0.2, -0.15) is 0 Å². The van der Waals surface area contributed by atoms with Gasteiger partial charge in [0.2, 0.25) is 0 Å². The van der Waals surface area contributed by atoms with E-state index in [4.69, 9.17) is 9.84 Å². The summed E-state index contributed by atoms with van der Waals surface area (Å²) in [4.78, 5) is 24.3. The van der Waals surface area contributed by atoms with Gasteiger partial charge in [0.25, 0.3) is 11.8 Å². The molecule has 0 unspecified atom stereocenters. The van der Waals surface area contributed by atoms with Gasteiger partial charge in [0.1, 0.15) is 5.70 Å². The second-order valence-electron chi connectivity index (χ2n) is 4.05. The molecule has 1 aliphatic heterocycles. The fourth-order valence-electron chi connectivity index (χ4n) is 1.81. The summed E-state index contributed by atoms with van der Waals surface area (Å²) in [6, 6.07) is 4.09. The summed E-state index contributed by atoms with van der Waals surface area (Å²) in [6.45, 7) is -0.383. The minimum absolute atomic E-state index is 0.0352. The first-order valence-corrected chi connectivity index (χ1v) is 5.85. The number of ether oxygens (including phenoxy) is 1. The van der Waals surface area contributed by atoms with E-state index < -0.39 is 17.6 Å². The number of anilines is 1. The van der Waals surface area contributed by atoms with Crippen LogP contribution >= 0.6 is 0 Å². The van der Waals surface area contributed by atoms with E-state index in [0.29, 0.717) is 5.69 Å². The Morgan fingerprint density at radius 2 is 2.15 bits per heavy atom. The average Bonchev–Trinajstić information content (AvgIpc) is 2.67. The third-order valence-electron chi connectivity index (χ3n) is 2.76. The van der Waals surface area contributed by atoms with Gasteiger partial charge in [0, 0.05) is 17.8 Å². The van der Waals surface area contributed by atoms with Crippen LogP contribution in [-0.4, -0.2) is 42.1 Å². The second-order valence-corrected chi connectivity index (χ2v) is 4.05. The van der Waals surface area contributed by atoms with E-state index in [-0.39, 0.29) is 24.6 Å². The van der Waals surface area contributed by atoms with Crippen molar-refractivity contribution < 1.29 is 23.8 Å². The predicted octanol–water partition coefficient (Wildman–Crippen LogP) is 0.491. The highest BCUT2D eigenvalue weighted by Gasteiger charge is 2.30. The second kappa shape index (κ2) is 5.70. The monoisotopic (exact) mass is 280 g/mol. The fraction of sp³-hybridized carbons (Fsp3) is 0.231. The third kappa shape index (κ3) is 2.62. The molecule has 1 aromatic rings. The van der Waals surface area contributed by atoms with Gasteiger partial charge in [0.15, 0.2) is 11.6 Å².